The van der Waals surface area contributed by atoms with E-state index < -0.39 is 0 Å². The molecule has 19 heavy (non-hydrogen) atoms. The van der Waals surface area contributed by atoms with Crippen molar-refractivity contribution >= 4 is 11.4 Å². The van der Waals surface area contributed by atoms with E-state index in [1.807, 2.05) is 7.05 Å². The molecule has 0 saturated heterocycles. The van der Waals surface area contributed by atoms with E-state index in [1.165, 1.54) is 0 Å². The lowest BCUT2D eigenvalue weighted by molar-refractivity contribution is -0.384. The van der Waals surface area contributed by atoms with Crippen LogP contribution in [-0.2, 0) is 6.54 Å². The first-order valence-electron chi connectivity index (χ1n) is 6.79. The summed E-state index contributed by atoms with van der Waals surface area (Å²) in [5.74, 6) is 0. The summed E-state index contributed by atoms with van der Waals surface area (Å²) >= 11 is 0. The van der Waals surface area contributed by atoms with Gasteiger partial charge in [-0.3, -0.25) is 15.0 Å². The van der Waals surface area contributed by atoms with Gasteiger partial charge in [-0.2, -0.15) is 0 Å². The Morgan fingerprint density at radius 3 is 2.37 bits per heavy atom. The van der Waals surface area contributed by atoms with Gasteiger partial charge in [0.1, 0.15) is 0 Å². The maximum atomic E-state index is 10.9. The summed E-state index contributed by atoms with van der Waals surface area (Å²) in [6, 6.07) is 4.99. The summed E-state index contributed by atoms with van der Waals surface area (Å²) < 4.78 is 0. The molecule has 0 radical (unpaired) electrons. The van der Waals surface area contributed by atoms with Crippen molar-refractivity contribution < 1.29 is 4.92 Å². The van der Waals surface area contributed by atoms with Crippen LogP contribution in [0.3, 0.4) is 0 Å². The van der Waals surface area contributed by atoms with Gasteiger partial charge in [0.15, 0.2) is 0 Å². The van der Waals surface area contributed by atoms with E-state index in [4.69, 9.17) is 0 Å². The van der Waals surface area contributed by atoms with Crippen molar-refractivity contribution in [2.45, 2.75) is 33.2 Å². The van der Waals surface area contributed by atoms with E-state index in [2.05, 4.69) is 24.1 Å². The number of benzene rings is 1. The average Bonchev–Trinajstić information content (AvgIpc) is 2.39. The summed E-state index contributed by atoms with van der Waals surface area (Å²) in [4.78, 5) is 12.9. The number of nitro benzene ring substituents is 1. The molecular formula is C14H23N3O2. The topological polar surface area (TPSA) is 58.4 Å². The molecule has 5 nitrogen and oxygen atoms in total. The van der Waals surface area contributed by atoms with Gasteiger partial charge >= 0.3 is 0 Å². The summed E-state index contributed by atoms with van der Waals surface area (Å²) in [5, 5.41) is 14.0. The molecule has 0 heterocycles. The highest BCUT2D eigenvalue weighted by Crippen LogP contribution is 2.23. The highest BCUT2D eigenvalue weighted by atomic mass is 16.6. The second-order valence-corrected chi connectivity index (χ2v) is 4.62. The lowest BCUT2D eigenvalue weighted by Gasteiger charge is -2.22. The van der Waals surface area contributed by atoms with Crippen LogP contribution < -0.4 is 5.32 Å². The normalized spacial score (nSPS) is 10.7. The number of hydrogen-bond donors (Lipinski definition) is 1. The molecule has 0 aliphatic carbocycles. The van der Waals surface area contributed by atoms with Crippen LogP contribution in [0.4, 0.5) is 11.4 Å². The average molecular weight is 265 g/mol. The van der Waals surface area contributed by atoms with Gasteiger partial charge in [-0.25, -0.2) is 0 Å². The molecule has 0 unspecified atom stereocenters. The first-order valence-corrected chi connectivity index (χ1v) is 6.79. The van der Waals surface area contributed by atoms with Crippen LogP contribution in [0.25, 0.3) is 0 Å². The SMILES string of the molecule is CCCN(CCC)Cc1cc([N+](=O)[O-])ccc1NC. The van der Waals surface area contributed by atoms with Crippen molar-refractivity contribution in [2.24, 2.45) is 0 Å². The predicted molar refractivity (Wildman–Crippen MR) is 78.5 cm³/mol. The number of nitro groups is 1. The zero-order valence-corrected chi connectivity index (χ0v) is 12.0. The fraction of sp³-hybridized carbons (Fsp3) is 0.571. The van der Waals surface area contributed by atoms with E-state index in [1.54, 1.807) is 18.2 Å². The van der Waals surface area contributed by atoms with Gasteiger partial charge in [-0.05, 0) is 37.6 Å². The Bertz CT molecular complexity index is 415. The van der Waals surface area contributed by atoms with Crippen molar-refractivity contribution in [3.8, 4) is 0 Å². The van der Waals surface area contributed by atoms with Crippen molar-refractivity contribution in [1.29, 1.82) is 0 Å². The van der Waals surface area contributed by atoms with Crippen LogP contribution in [-0.4, -0.2) is 30.0 Å². The molecule has 0 bridgehead atoms. The van der Waals surface area contributed by atoms with E-state index in [9.17, 15) is 10.1 Å². The highest BCUT2D eigenvalue weighted by Gasteiger charge is 2.12. The molecule has 0 amide bonds. The van der Waals surface area contributed by atoms with Crippen molar-refractivity contribution in [1.82, 2.24) is 4.90 Å². The molecular weight excluding hydrogens is 242 g/mol. The van der Waals surface area contributed by atoms with Gasteiger partial charge in [0, 0.05) is 31.4 Å². The highest BCUT2D eigenvalue weighted by molar-refractivity contribution is 5.55. The van der Waals surface area contributed by atoms with E-state index >= 15 is 0 Å². The minimum atomic E-state index is -0.340. The summed E-state index contributed by atoms with van der Waals surface area (Å²) in [5.41, 5.74) is 2.10. The van der Waals surface area contributed by atoms with Crippen LogP contribution in [0.5, 0.6) is 0 Å². The molecule has 0 aliphatic heterocycles. The lowest BCUT2D eigenvalue weighted by atomic mass is 10.1. The quantitative estimate of drug-likeness (QED) is 0.579. The zero-order chi connectivity index (χ0) is 14.3. The molecule has 0 aliphatic rings. The van der Waals surface area contributed by atoms with Crippen LogP contribution in [0.15, 0.2) is 18.2 Å². The Morgan fingerprint density at radius 1 is 1.26 bits per heavy atom. The fourth-order valence-electron chi connectivity index (χ4n) is 2.21. The second kappa shape index (κ2) is 7.74. The molecule has 1 N–H and O–H groups in total. The maximum absolute atomic E-state index is 10.9. The maximum Gasteiger partial charge on any atom is 0.269 e. The predicted octanol–water partition coefficient (Wildman–Crippen LogP) is 3.26. The number of anilines is 1. The van der Waals surface area contributed by atoms with Crippen LogP contribution in [0.1, 0.15) is 32.3 Å². The smallest absolute Gasteiger partial charge is 0.269 e. The van der Waals surface area contributed by atoms with Crippen molar-refractivity contribution in [3.63, 3.8) is 0 Å². The van der Waals surface area contributed by atoms with E-state index in [0.717, 1.165) is 43.7 Å². The third-order valence-electron chi connectivity index (χ3n) is 3.04. The first kappa shape index (κ1) is 15.4. The van der Waals surface area contributed by atoms with Gasteiger partial charge in [0.2, 0.25) is 0 Å². The molecule has 106 valence electrons. The van der Waals surface area contributed by atoms with Gasteiger partial charge in [0.25, 0.3) is 5.69 Å². The molecule has 1 aromatic carbocycles. The summed E-state index contributed by atoms with van der Waals surface area (Å²) in [6.07, 6.45) is 2.17. The number of rotatable bonds is 8. The van der Waals surface area contributed by atoms with Gasteiger partial charge in [-0.15, -0.1) is 0 Å². The third kappa shape index (κ3) is 4.52. The standard InChI is InChI=1S/C14H23N3O2/c1-4-8-16(9-5-2)11-12-10-13(17(18)19)6-7-14(12)15-3/h6-7,10,15H,4-5,8-9,11H2,1-3H3. The number of hydrogen-bond acceptors (Lipinski definition) is 4. The Kier molecular flexibility index (Phi) is 6.29. The molecule has 0 aromatic heterocycles. The minimum absolute atomic E-state index is 0.155. The minimum Gasteiger partial charge on any atom is -0.388 e. The summed E-state index contributed by atoms with van der Waals surface area (Å²) in [7, 11) is 1.84. The monoisotopic (exact) mass is 265 g/mol. The van der Waals surface area contributed by atoms with Gasteiger partial charge < -0.3 is 5.32 Å². The first-order chi connectivity index (χ1) is 9.12. The Balaban J connectivity index is 2.94. The van der Waals surface area contributed by atoms with E-state index in [0.29, 0.717) is 0 Å². The largest absolute Gasteiger partial charge is 0.388 e. The molecule has 0 spiro atoms. The third-order valence-corrected chi connectivity index (χ3v) is 3.04. The summed E-state index contributed by atoms with van der Waals surface area (Å²) in [6.45, 7) is 7.07. The fourth-order valence-corrected chi connectivity index (χ4v) is 2.21. The van der Waals surface area contributed by atoms with E-state index in [-0.39, 0.29) is 10.6 Å². The molecule has 0 saturated carbocycles. The Labute approximate surface area is 114 Å². The van der Waals surface area contributed by atoms with Crippen molar-refractivity contribution in [3.05, 3.63) is 33.9 Å². The molecule has 0 atom stereocenters. The molecule has 1 aromatic rings. The number of nitrogens with zero attached hydrogens (tertiary/aromatic N) is 2. The van der Waals surface area contributed by atoms with Crippen LogP contribution in [0.2, 0.25) is 0 Å². The number of nitrogens with one attached hydrogen (secondary N) is 1. The molecule has 0 fully saturated rings. The molecule has 5 heteroatoms. The van der Waals surface area contributed by atoms with Gasteiger partial charge in [-0.1, -0.05) is 13.8 Å². The second-order valence-electron chi connectivity index (χ2n) is 4.62. The van der Waals surface area contributed by atoms with Gasteiger partial charge in [0.05, 0.1) is 4.92 Å². The Morgan fingerprint density at radius 2 is 1.89 bits per heavy atom. The zero-order valence-electron chi connectivity index (χ0n) is 12.0. The lowest BCUT2D eigenvalue weighted by Crippen LogP contribution is -2.25. The van der Waals surface area contributed by atoms with Crippen LogP contribution in [0, 0.1) is 10.1 Å². The Hall–Kier alpha value is -1.62. The molecule has 1 rings (SSSR count). The number of non-ortho nitro benzene ring substituents is 1. The van der Waals surface area contributed by atoms with Crippen LogP contribution >= 0.6 is 0 Å². The van der Waals surface area contributed by atoms with Crippen molar-refractivity contribution in [2.75, 3.05) is 25.5 Å².